The fourth-order valence-corrected chi connectivity index (χ4v) is 2.17. The van der Waals surface area contributed by atoms with Gasteiger partial charge in [-0.1, -0.05) is 12.1 Å². The van der Waals surface area contributed by atoms with Gasteiger partial charge in [-0.15, -0.1) is 0 Å². The summed E-state index contributed by atoms with van der Waals surface area (Å²) < 4.78 is 10.6. The summed E-state index contributed by atoms with van der Waals surface area (Å²) in [5, 5.41) is 11.5. The monoisotopic (exact) mass is 324 g/mol. The third kappa shape index (κ3) is 5.78. The number of nitrogens with zero attached hydrogens (tertiary/aromatic N) is 1. The van der Waals surface area contributed by atoms with Gasteiger partial charge in [-0.3, -0.25) is 4.79 Å². The molecular formula is C16H24N2O5. The lowest BCUT2D eigenvalue weighted by Gasteiger charge is -2.26. The van der Waals surface area contributed by atoms with Gasteiger partial charge in [-0.25, -0.2) is 4.79 Å². The summed E-state index contributed by atoms with van der Waals surface area (Å²) in [5.74, 6) is -0.195. The number of ether oxygens (including phenoxy) is 2. The Labute approximate surface area is 136 Å². The summed E-state index contributed by atoms with van der Waals surface area (Å²) in [6, 6.07) is 6.79. The second kappa shape index (κ2) is 8.99. The highest BCUT2D eigenvalue weighted by molar-refractivity contribution is 5.75. The lowest BCUT2D eigenvalue weighted by Crippen LogP contribution is -2.45. The molecule has 0 aromatic heterocycles. The molecule has 23 heavy (non-hydrogen) atoms. The first kappa shape index (κ1) is 18.8. The fourth-order valence-electron chi connectivity index (χ4n) is 2.17. The molecule has 7 nitrogen and oxygen atoms in total. The Kier molecular flexibility index (Phi) is 7.34. The predicted molar refractivity (Wildman–Crippen MR) is 85.6 cm³/mol. The van der Waals surface area contributed by atoms with Crippen LogP contribution in [0.2, 0.25) is 0 Å². The van der Waals surface area contributed by atoms with Crippen molar-refractivity contribution in [2.45, 2.75) is 25.5 Å². The number of hydrogen-bond donors (Lipinski definition) is 2. The highest BCUT2D eigenvalue weighted by Gasteiger charge is 2.22. The number of aliphatic carboxylic acids is 1. The van der Waals surface area contributed by atoms with Gasteiger partial charge in [0, 0.05) is 20.7 Å². The Morgan fingerprint density at radius 2 is 1.87 bits per heavy atom. The van der Waals surface area contributed by atoms with Crippen LogP contribution in [0.5, 0.6) is 5.75 Å². The number of carbonyl (C=O) groups is 2. The number of nitrogens with one attached hydrogen (secondary N) is 1. The summed E-state index contributed by atoms with van der Waals surface area (Å²) in [4.78, 5) is 24.0. The van der Waals surface area contributed by atoms with Gasteiger partial charge in [-0.2, -0.15) is 0 Å². The predicted octanol–water partition coefficient (Wildman–Crippen LogP) is 1.89. The second-order valence-electron chi connectivity index (χ2n) is 5.23. The summed E-state index contributed by atoms with van der Waals surface area (Å²) in [7, 11) is 4.73. The zero-order valence-electron chi connectivity index (χ0n) is 13.9. The van der Waals surface area contributed by atoms with E-state index in [0.717, 1.165) is 11.3 Å². The molecule has 1 aromatic rings. The highest BCUT2D eigenvalue weighted by atomic mass is 16.5. The van der Waals surface area contributed by atoms with Gasteiger partial charge in [-0.05, 0) is 24.6 Å². The largest absolute Gasteiger partial charge is 0.497 e. The molecule has 0 spiro atoms. The van der Waals surface area contributed by atoms with Crippen molar-refractivity contribution in [1.29, 1.82) is 0 Å². The molecule has 2 unspecified atom stereocenters. The van der Waals surface area contributed by atoms with Gasteiger partial charge in [0.25, 0.3) is 0 Å². The number of amides is 2. The number of carbonyl (C=O) groups excluding carboxylic acids is 1. The van der Waals surface area contributed by atoms with Crippen molar-refractivity contribution in [3.8, 4) is 5.75 Å². The lowest BCUT2D eigenvalue weighted by molar-refractivity contribution is -0.137. The minimum Gasteiger partial charge on any atom is -0.497 e. The molecule has 0 aliphatic rings. The van der Waals surface area contributed by atoms with E-state index in [-0.39, 0.29) is 31.1 Å². The van der Waals surface area contributed by atoms with Crippen LogP contribution in [0.3, 0.4) is 0 Å². The van der Waals surface area contributed by atoms with Crippen LogP contribution in [0.15, 0.2) is 24.3 Å². The van der Waals surface area contributed by atoms with Crippen molar-refractivity contribution in [3.05, 3.63) is 29.8 Å². The van der Waals surface area contributed by atoms with Crippen LogP contribution >= 0.6 is 0 Å². The third-order valence-electron chi connectivity index (χ3n) is 3.51. The molecule has 0 bridgehead atoms. The van der Waals surface area contributed by atoms with Gasteiger partial charge in [0.05, 0.1) is 19.6 Å². The lowest BCUT2D eigenvalue weighted by atomic mass is 10.0. The zero-order chi connectivity index (χ0) is 17.4. The summed E-state index contributed by atoms with van der Waals surface area (Å²) in [5.41, 5.74) is 0.911. The second-order valence-corrected chi connectivity index (χ2v) is 5.23. The molecule has 0 aliphatic heterocycles. The number of carboxylic acids is 1. The van der Waals surface area contributed by atoms with E-state index in [4.69, 9.17) is 14.6 Å². The molecule has 0 saturated heterocycles. The number of hydrogen-bond acceptors (Lipinski definition) is 4. The molecule has 0 aliphatic carbocycles. The number of carboxylic acid groups (broad SMARTS) is 1. The van der Waals surface area contributed by atoms with Crippen LogP contribution in [-0.2, 0) is 9.53 Å². The quantitative estimate of drug-likeness (QED) is 0.762. The molecule has 2 N–H and O–H groups in total. The minimum atomic E-state index is -0.939. The minimum absolute atomic E-state index is 0.0928. The van der Waals surface area contributed by atoms with Crippen LogP contribution in [0.25, 0.3) is 0 Å². The molecule has 2 amide bonds. The van der Waals surface area contributed by atoms with Gasteiger partial charge in [0.1, 0.15) is 11.9 Å². The van der Waals surface area contributed by atoms with E-state index in [9.17, 15) is 9.59 Å². The molecular weight excluding hydrogens is 300 g/mol. The Morgan fingerprint density at radius 1 is 1.26 bits per heavy atom. The van der Waals surface area contributed by atoms with Gasteiger partial charge >= 0.3 is 12.0 Å². The maximum Gasteiger partial charge on any atom is 0.317 e. The van der Waals surface area contributed by atoms with Crippen molar-refractivity contribution in [3.63, 3.8) is 0 Å². The van der Waals surface area contributed by atoms with Crippen molar-refractivity contribution in [1.82, 2.24) is 10.2 Å². The number of rotatable bonds is 8. The first-order chi connectivity index (χ1) is 10.9. The standard InChI is InChI=1S/C16H24N2O5/c1-11(17-16(21)18(2)10-9-14(19)20)15(23-4)12-5-7-13(22-3)8-6-12/h5-8,11,15H,9-10H2,1-4H3,(H,17,21)(H,19,20). The Balaban J connectivity index is 2.66. The normalized spacial score (nSPS) is 13.0. The molecule has 1 aromatic carbocycles. The molecule has 0 heterocycles. The van der Waals surface area contributed by atoms with Crippen molar-refractivity contribution in [2.24, 2.45) is 0 Å². The van der Waals surface area contributed by atoms with E-state index < -0.39 is 5.97 Å². The topological polar surface area (TPSA) is 88.1 Å². The molecule has 1 rings (SSSR count). The molecule has 0 saturated carbocycles. The van der Waals surface area contributed by atoms with E-state index in [1.807, 2.05) is 31.2 Å². The Morgan fingerprint density at radius 3 is 2.35 bits per heavy atom. The average molecular weight is 324 g/mol. The number of benzene rings is 1. The maximum atomic E-state index is 12.1. The Bertz CT molecular complexity index is 518. The molecule has 2 atom stereocenters. The highest BCUT2D eigenvalue weighted by Crippen LogP contribution is 2.23. The van der Waals surface area contributed by atoms with Crippen LogP contribution in [0.1, 0.15) is 25.0 Å². The van der Waals surface area contributed by atoms with Crippen LogP contribution in [-0.4, -0.2) is 55.9 Å². The third-order valence-corrected chi connectivity index (χ3v) is 3.51. The van der Waals surface area contributed by atoms with E-state index >= 15 is 0 Å². The van der Waals surface area contributed by atoms with Crippen molar-refractivity contribution >= 4 is 12.0 Å². The van der Waals surface area contributed by atoms with Crippen LogP contribution < -0.4 is 10.1 Å². The first-order valence-electron chi connectivity index (χ1n) is 7.29. The van der Waals surface area contributed by atoms with E-state index in [1.54, 1.807) is 21.3 Å². The van der Waals surface area contributed by atoms with E-state index in [2.05, 4.69) is 5.32 Å². The maximum absolute atomic E-state index is 12.1. The van der Waals surface area contributed by atoms with E-state index in [0.29, 0.717) is 0 Å². The zero-order valence-corrected chi connectivity index (χ0v) is 13.9. The first-order valence-corrected chi connectivity index (χ1v) is 7.29. The van der Waals surface area contributed by atoms with Gasteiger partial charge in [0.2, 0.25) is 0 Å². The van der Waals surface area contributed by atoms with Crippen molar-refractivity contribution < 1.29 is 24.2 Å². The van der Waals surface area contributed by atoms with Gasteiger partial charge in [0.15, 0.2) is 0 Å². The summed E-state index contributed by atoms with van der Waals surface area (Å²) in [6.07, 6.45) is -0.414. The summed E-state index contributed by atoms with van der Waals surface area (Å²) in [6.45, 7) is 1.98. The van der Waals surface area contributed by atoms with Crippen molar-refractivity contribution in [2.75, 3.05) is 27.8 Å². The Hall–Kier alpha value is -2.28. The molecule has 128 valence electrons. The summed E-state index contributed by atoms with van der Waals surface area (Å²) >= 11 is 0. The molecule has 0 fully saturated rings. The van der Waals surface area contributed by atoms with Crippen LogP contribution in [0.4, 0.5) is 4.79 Å². The number of urea groups is 1. The smallest absolute Gasteiger partial charge is 0.317 e. The average Bonchev–Trinajstić information content (AvgIpc) is 2.53. The van der Waals surface area contributed by atoms with Gasteiger partial charge < -0.3 is 24.8 Å². The fraction of sp³-hybridized carbons (Fsp3) is 0.500. The SMILES string of the molecule is COc1ccc(C(OC)C(C)NC(=O)N(C)CCC(=O)O)cc1. The number of methoxy groups -OCH3 is 2. The molecule has 0 radical (unpaired) electrons. The van der Waals surface area contributed by atoms with Crippen LogP contribution in [0, 0.1) is 0 Å². The van der Waals surface area contributed by atoms with E-state index in [1.165, 1.54) is 4.90 Å². The molecule has 7 heteroatoms.